The van der Waals surface area contributed by atoms with Crippen LogP contribution in [0.4, 0.5) is 13.2 Å². The maximum atomic E-state index is 13.5. The highest BCUT2D eigenvalue weighted by Crippen LogP contribution is 2.37. The summed E-state index contributed by atoms with van der Waals surface area (Å²) in [6, 6.07) is 7.77. The molecule has 0 bridgehead atoms. The summed E-state index contributed by atoms with van der Waals surface area (Å²) in [4.78, 5) is 16.4. The average molecular weight is 427 g/mol. The van der Waals surface area contributed by atoms with E-state index in [0.29, 0.717) is 10.6 Å². The van der Waals surface area contributed by atoms with Gasteiger partial charge in [-0.1, -0.05) is 29.8 Å². The Bertz CT molecular complexity index is 1070. The monoisotopic (exact) mass is 426 g/mol. The Kier molecular flexibility index (Phi) is 5.70. The van der Waals surface area contributed by atoms with E-state index in [1.807, 2.05) is 0 Å². The number of benzene rings is 1. The largest absolute Gasteiger partial charge is 0.464 e. The van der Waals surface area contributed by atoms with Crippen molar-refractivity contribution >= 4 is 28.5 Å². The van der Waals surface area contributed by atoms with Crippen molar-refractivity contribution in [2.24, 2.45) is 7.05 Å². The number of alkyl halides is 3. The molecule has 10 heteroatoms. The van der Waals surface area contributed by atoms with Gasteiger partial charge in [0.05, 0.1) is 16.6 Å². The maximum absolute atomic E-state index is 13.5. The zero-order valence-electron chi connectivity index (χ0n) is 15.8. The van der Waals surface area contributed by atoms with Gasteiger partial charge in [0.15, 0.2) is 11.8 Å². The number of halogens is 4. The third-order valence-corrected chi connectivity index (χ3v) is 4.70. The van der Waals surface area contributed by atoms with E-state index in [1.54, 1.807) is 24.3 Å². The van der Waals surface area contributed by atoms with Crippen LogP contribution < -0.4 is 10.1 Å². The van der Waals surface area contributed by atoms with Crippen LogP contribution in [0.5, 0.6) is 5.88 Å². The Morgan fingerprint density at radius 3 is 2.69 bits per heavy atom. The lowest BCUT2D eigenvalue weighted by molar-refractivity contribution is -0.136. The number of hydrogen-bond acceptors (Lipinski definition) is 4. The molecule has 0 aliphatic heterocycles. The summed E-state index contributed by atoms with van der Waals surface area (Å²) in [5.74, 6) is -0.824. The number of nitrogens with one attached hydrogen (secondary N) is 1. The van der Waals surface area contributed by atoms with Gasteiger partial charge < -0.3 is 10.1 Å². The molecule has 1 atom stereocenters. The Balaban J connectivity index is 1.81. The molecule has 1 aromatic carbocycles. The predicted molar refractivity (Wildman–Crippen MR) is 102 cm³/mol. The van der Waals surface area contributed by atoms with Crippen molar-refractivity contribution in [2.45, 2.75) is 32.7 Å². The SMILES string of the molecule is Cc1nn(C)c2nc(O[C@H](C)C(=O)NCc3ccccc3Cl)cc(C(F)(F)F)c12. The minimum absolute atomic E-state index is 0.0241. The molecule has 0 spiro atoms. The Hall–Kier alpha value is -2.81. The Morgan fingerprint density at radius 1 is 1.34 bits per heavy atom. The summed E-state index contributed by atoms with van der Waals surface area (Å²) in [6.07, 6.45) is -5.69. The number of carbonyl (C=O) groups excluding carboxylic acids is 1. The van der Waals surface area contributed by atoms with Gasteiger partial charge in [-0.05, 0) is 25.5 Å². The molecular formula is C19H18ClF3N4O2. The van der Waals surface area contributed by atoms with Gasteiger partial charge in [-0.3, -0.25) is 9.48 Å². The minimum Gasteiger partial charge on any atom is -0.464 e. The van der Waals surface area contributed by atoms with Gasteiger partial charge in [-0.25, -0.2) is 0 Å². The number of fused-ring (bicyclic) bond motifs is 1. The third-order valence-electron chi connectivity index (χ3n) is 4.33. The molecule has 2 heterocycles. The van der Waals surface area contributed by atoms with Crippen LogP contribution in [0.3, 0.4) is 0 Å². The lowest BCUT2D eigenvalue weighted by Crippen LogP contribution is -2.36. The smallest absolute Gasteiger partial charge is 0.417 e. The van der Waals surface area contributed by atoms with Crippen LogP contribution in [0.15, 0.2) is 30.3 Å². The lowest BCUT2D eigenvalue weighted by atomic mass is 10.1. The number of pyridine rings is 1. The van der Waals surface area contributed by atoms with Gasteiger partial charge in [-0.2, -0.15) is 23.3 Å². The van der Waals surface area contributed by atoms with E-state index < -0.39 is 23.8 Å². The fraction of sp³-hybridized carbons (Fsp3) is 0.316. The summed E-state index contributed by atoms with van der Waals surface area (Å²) < 4.78 is 47.2. The standard InChI is InChI=1S/C19H18ClF3N4O2/c1-10-16-13(19(21,22)23)8-15(25-17(16)27(3)26-10)29-11(2)18(28)24-9-12-6-4-5-7-14(12)20/h4-8,11H,9H2,1-3H3,(H,24,28)/t11-/m1/s1. The first-order chi connectivity index (χ1) is 13.6. The highest BCUT2D eigenvalue weighted by Gasteiger charge is 2.36. The number of aryl methyl sites for hydroxylation is 2. The number of hydrogen-bond donors (Lipinski definition) is 1. The van der Waals surface area contributed by atoms with Crippen LogP contribution in [-0.2, 0) is 24.6 Å². The van der Waals surface area contributed by atoms with E-state index in [4.69, 9.17) is 16.3 Å². The van der Waals surface area contributed by atoms with Crippen molar-refractivity contribution < 1.29 is 22.7 Å². The highest BCUT2D eigenvalue weighted by atomic mass is 35.5. The molecular weight excluding hydrogens is 409 g/mol. The Labute approximate surface area is 169 Å². The minimum atomic E-state index is -4.62. The van der Waals surface area contributed by atoms with E-state index in [9.17, 15) is 18.0 Å². The molecule has 2 aromatic heterocycles. The van der Waals surface area contributed by atoms with Crippen LogP contribution >= 0.6 is 11.6 Å². The first kappa shape index (κ1) is 20.9. The summed E-state index contributed by atoms with van der Waals surface area (Å²) in [5.41, 5.74) is 0.0289. The van der Waals surface area contributed by atoms with E-state index >= 15 is 0 Å². The number of carbonyl (C=O) groups is 1. The fourth-order valence-electron chi connectivity index (χ4n) is 2.91. The molecule has 29 heavy (non-hydrogen) atoms. The molecule has 3 rings (SSSR count). The summed E-state index contributed by atoms with van der Waals surface area (Å²) in [7, 11) is 1.49. The normalized spacial score (nSPS) is 12.8. The van der Waals surface area contributed by atoms with Gasteiger partial charge in [-0.15, -0.1) is 0 Å². The number of aromatic nitrogens is 3. The molecule has 6 nitrogen and oxygen atoms in total. The second-order valence-corrected chi connectivity index (χ2v) is 6.89. The summed E-state index contributed by atoms with van der Waals surface area (Å²) in [5, 5.41) is 7.04. The number of rotatable bonds is 5. The molecule has 0 aliphatic carbocycles. The van der Waals surface area contributed by atoms with Gasteiger partial charge in [0.1, 0.15) is 0 Å². The quantitative estimate of drug-likeness (QED) is 0.668. The van der Waals surface area contributed by atoms with Crippen molar-refractivity contribution in [3.05, 3.63) is 52.2 Å². The molecule has 154 valence electrons. The second-order valence-electron chi connectivity index (χ2n) is 6.48. The Morgan fingerprint density at radius 2 is 2.03 bits per heavy atom. The van der Waals surface area contributed by atoms with Crippen LogP contribution in [0, 0.1) is 6.92 Å². The van der Waals surface area contributed by atoms with Crippen molar-refractivity contribution in [1.29, 1.82) is 0 Å². The van der Waals surface area contributed by atoms with Gasteiger partial charge in [0.25, 0.3) is 5.91 Å². The van der Waals surface area contributed by atoms with Crippen molar-refractivity contribution in [3.8, 4) is 5.88 Å². The fourth-order valence-corrected chi connectivity index (χ4v) is 3.11. The molecule has 0 saturated heterocycles. The molecule has 1 amide bonds. The third kappa shape index (κ3) is 4.45. The van der Waals surface area contributed by atoms with Gasteiger partial charge >= 0.3 is 6.18 Å². The zero-order valence-corrected chi connectivity index (χ0v) is 16.6. The summed E-state index contributed by atoms with van der Waals surface area (Å²) >= 11 is 6.04. The molecule has 3 aromatic rings. The van der Waals surface area contributed by atoms with Crippen molar-refractivity contribution in [2.75, 3.05) is 0 Å². The van der Waals surface area contributed by atoms with Gasteiger partial charge in [0.2, 0.25) is 5.88 Å². The van der Waals surface area contributed by atoms with E-state index in [-0.39, 0.29) is 29.2 Å². The van der Waals surface area contributed by atoms with E-state index in [0.717, 1.165) is 6.07 Å². The predicted octanol–water partition coefficient (Wildman–Crippen LogP) is 4.03. The maximum Gasteiger partial charge on any atom is 0.417 e. The lowest BCUT2D eigenvalue weighted by Gasteiger charge is -2.16. The molecule has 1 N–H and O–H groups in total. The topological polar surface area (TPSA) is 69.0 Å². The highest BCUT2D eigenvalue weighted by molar-refractivity contribution is 6.31. The van der Waals surface area contributed by atoms with Crippen molar-refractivity contribution in [3.63, 3.8) is 0 Å². The average Bonchev–Trinajstić information content (AvgIpc) is 2.93. The molecule has 0 aliphatic rings. The number of ether oxygens (including phenoxy) is 1. The van der Waals surface area contributed by atoms with Crippen LogP contribution in [0.1, 0.15) is 23.7 Å². The van der Waals surface area contributed by atoms with Crippen LogP contribution in [0.2, 0.25) is 5.02 Å². The molecule has 0 unspecified atom stereocenters. The zero-order chi connectivity index (χ0) is 21.3. The van der Waals surface area contributed by atoms with Crippen LogP contribution in [-0.4, -0.2) is 26.8 Å². The van der Waals surface area contributed by atoms with E-state index in [1.165, 1.54) is 25.6 Å². The number of amides is 1. The number of nitrogens with zero attached hydrogens (tertiary/aromatic N) is 3. The van der Waals surface area contributed by atoms with Crippen molar-refractivity contribution in [1.82, 2.24) is 20.1 Å². The summed E-state index contributed by atoms with van der Waals surface area (Å²) in [6.45, 7) is 3.06. The molecule has 0 saturated carbocycles. The van der Waals surface area contributed by atoms with Crippen LogP contribution in [0.25, 0.3) is 11.0 Å². The molecule has 0 radical (unpaired) electrons. The first-order valence-corrected chi connectivity index (χ1v) is 9.05. The van der Waals surface area contributed by atoms with Gasteiger partial charge in [0, 0.05) is 24.7 Å². The first-order valence-electron chi connectivity index (χ1n) is 8.67. The molecule has 0 fully saturated rings. The van der Waals surface area contributed by atoms with E-state index in [2.05, 4.69) is 15.4 Å². The second kappa shape index (κ2) is 7.90.